The van der Waals surface area contributed by atoms with E-state index >= 15 is 0 Å². The molecule has 1 N–H and O–H groups in total. The van der Waals surface area contributed by atoms with Crippen LogP contribution in [0, 0.1) is 6.92 Å². The summed E-state index contributed by atoms with van der Waals surface area (Å²) in [5.41, 5.74) is 1.58. The van der Waals surface area contributed by atoms with Gasteiger partial charge in [-0.3, -0.25) is 0 Å². The van der Waals surface area contributed by atoms with E-state index in [-0.39, 0.29) is 21.2 Å². The fraction of sp³-hybridized carbons (Fsp3) is 0.167. The summed E-state index contributed by atoms with van der Waals surface area (Å²) in [6.45, 7) is 5.73. The molecule has 0 bridgehead atoms. The maximum Gasteiger partial charge on any atom is 0.241 e. The number of rotatable bonds is 9. The van der Waals surface area contributed by atoms with Crippen LogP contribution in [-0.4, -0.2) is 28.0 Å². The smallest absolute Gasteiger partial charge is 0.223 e. The molecule has 32 heavy (non-hydrogen) atoms. The van der Waals surface area contributed by atoms with E-state index in [4.69, 9.17) is 11.6 Å². The zero-order valence-corrected chi connectivity index (χ0v) is 19.9. The highest BCUT2D eigenvalue weighted by Crippen LogP contribution is 2.33. The molecule has 168 valence electrons. The number of aryl methyl sites for hydroxylation is 1. The van der Waals surface area contributed by atoms with Gasteiger partial charge in [0.2, 0.25) is 10.0 Å². The topological polar surface area (TPSA) is 80.3 Å². The van der Waals surface area contributed by atoms with Crippen LogP contribution in [0.25, 0.3) is 0 Å². The number of hydrogen-bond acceptors (Lipinski definition) is 4. The molecule has 0 amide bonds. The molecular formula is C24H24ClNO4S2. The highest BCUT2D eigenvalue weighted by molar-refractivity contribution is 7.92. The molecular weight excluding hydrogens is 466 g/mol. The molecule has 2 atom stereocenters. The molecule has 0 saturated heterocycles. The van der Waals surface area contributed by atoms with Crippen LogP contribution >= 0.6 is 11.6 Å². The van der Waals surface area contributed by atoms with Gasteiger partial charge in [-0.25, -0.2) is 21.6 Å². The molecule has 0 aliphatic rings. The first-order valence-electron chi connectivity index (χ1n) is 9.83. The summed E-state index contributed by atoms with van der Waals surface area (Å²) in [4.78, 5) is 0.100. The van der Waals surface area contributed by atoms with Crippen molar-refractivity contribution in [2.75, 3.05) is 5.88 Å². The van der Waals surface area contributed by atoms with Crippen molar-refractivity contribution in [1.82, 2.24) is 4.72 Å². The van der Waals surface area contributed by atoms with Gasteiger partial charge in [0.05, 0.1) is 15.8 Å². The van der Waals surface area contributed by atoms with Gasteiger partial charge in [-0.1, -0.05) is 72.8 Å². The average Bonchev–Trinajstić information content (AvgIpc) is 2.79. The van der Waals surface area contributed by atoms with Gasteiger partial charge < -0.3 is 0 Å². The lowest BCUT2D eigenvalue weighted by Gasteiger charge is -2.29. The second-order valence-electron chi connectivity index (χ2n) is 7.39. The fourth-order valence-corrected chi connectivity index (χ4v) is 6.90. The van der Waals surface area contributed by atoms with Crippen LogP contribution in [0.4, 0.5) is 0 Å². The standard InChI is InChI=1S/C24H24ClNO4S2/c1-18-13-15-22(16-14-18)32(29,30)26-23(20-9-5-3-6-10-20)24(19(2)17-25)31(27,28)21-11-7-4-8-12-21/h3-16,23-24,26H,2,17H2,1H3/t23-,24-/m1/s1. The minimum Gasteiger partial charge on any atom is -0.223 e. The van der Waals surface area contributed by atoms with Crippen LogP contribution in [0.15, 0.2) is 107 Å². The van der Waals surface area contributed by atoms with Crippen LogP contribution in [0.1, 0.15) is 17.2 Å². The second kappa shape index (κ2) is 10.0. The van der Waals surface area contributed by atoms with Gasteiger partial charge in [0.1, 0.15) is 5.25 Å². The monoisotopic (exact) mass is 489 g/mol. The van der Waals surface area contributed by atoms with Crippen molar-refractivity contribution in [2.45, 2.75) is 28.0 Å². The zero-order valence-electron chi connectivity index (χ0n) is 17.5. The number of sulfonamides is 1. The molecule has 0 radical (unpaired) electrons. The van der Waals surface area contributed by atoms with Crippen molar-refractivity contribution in [2.24, 2.45) is 0 Å². The Balaban J connectivity index is 2.16. The van der Waals surface area contributed by atoms with Gasteiger partial charge in [0.25, 0.3) is 0 Å². The molecule has 0 aliphatic heterocycles. The molecule has 0 unspecified atom stereocenters. The van der Waals surface area contributed by atoms with Gasteiger partial charge in [0.15, 0.2) is 9.84 Å². The van der Waals surface area contributed by atoms with Gasteiger partial charge >= 0.3 is 0 Å². The number of nitrogens with one attached hydrogen (secondary N) is 1. The van der Waals surface area contributed by atoms with Crippen LogP contribution in [0.5, 0.6) is 0 Å². The summed E-state index contributed by atoms with van der Waals surface area (Å²) < 4.78 is 56.4. The zero-order chi connectivity index (χ0) is 23.4. The maximum absolute atomic E-state index is 13.7. The van der Waals surface area contributed by atoms with Gasteiger partial charge in [-0.15, -0.1) is 11.6 Å². The largest absolute Gasteiger partial charge is 0.241 e. The maximum atomic E-state index is 13.7. The van der Waals surface area contributed by atoms with Gasteiger partial charge in [-0.2, -0.15) is 0 Å². The van der Waals surface area contributed by atoms with Crippen LogP contribution in [-0.2, 0) is 19.9 Å². The highest BCUT2D eigenvalue weighted by Gasteiger charge is 2.39. The van der Waals surface area contributed by atoms with E-state index in [1.807, 2.05) is 6.92 Å². The Morgan fingerprint density at radius 1 is 0.844 bits per heavy atom. The molecule has 0 spiro atoms. The summed E-state index contributed by atoms with van der Waals surface area (Å²) in [5.74, 6) is -0.147. The molecule has 3 aromatic rings. The summed E-state index contributed by atoms with van der Waals surface area (Å²) in [7, 11) is -8.08. The average molecular weight is 490 g/mol. The summed E-state index contributed by atoms with van der Waals surface area (Å²) in [6.07, 6.45) is 0. The Morgan fingerprint density at radius 2 is 1.38 bits per heavy atom. The molecule has 0 aromatic heterocycles. The second-order valence-corrected chi connectivity index (χ2v) is 11.4. The fourth-order valence-electron chi connectivity index (χ4n) is 3.38. The third kappa shape index (κ3) is 5.30. The lowest BCUT2D eigenvalue weighted by atomic mass is 10.0. The number of alkyl halides is 1. The molecule has 8 heteroatoms. The molecule has 3 aromatic carbocycles. The lowest BCUT2D eigenvalue weighted by Crippen LogP contribution is -2.41. The molecule has 0 fully saturated rings. The number of benzene rings is 3. The third-order valence-electron chi connectivity index (χ3n) is 5.05. The Bertz CT molecular complexity index is 1270. The summed E-state index contributed by atoms with van der Waals surface area (Å²) in [5, 5.41) is -1.31. The molecule has 3 rings (SSSR count). The minimum atomic E-state index is -4.05. The predicted molar refractivity (Wildman–Crippen MR) is 128 cm³/mol. The van der Waals surface area contributed by atoms with Crippen molar-refractivity contribution in [3.05, 3.63) is 108 Å². The number of hydrogen-bond donors (Lipinski definition) is 1. The van der Waals surface area contributed by atoms with E-state index in [0.717, 1.165) is 5.56 Å². The van der Waals surface area contributed by atoms with Crippen LogP contribution in [0.2, 0.25) is 0 Å². The first kappa shape index (κ1) is 24.2. The van der Waals surface area contributed by atoms with Crippen LogP contribution < -0.4 is 4.72 Å². The summed E-state index contributed by atoms with van der Waals surface area (Å²) >= 11 is 6.04. The van der Waals surface area contributed by atoms with Gasteiger partial charge in [-0.05, 0) is 42.3 Å². The minimum absolute atomic E-state index is 0.0383. The normalized spacial score (nSPS) is 13.9. The third-order valence-corrected chi connectivity index (χ3v) is 9.06. The van der Waals surface area contributed by atoms with Crippen molar-refractivity contribution in [3.63, 3.8) is 0 Å². The van der Waals surface area contributed by atoms with Crippen LogP contribution in [0.3, 0.4) is 0 Å². The first-order chi connectivity index (χ1) is 15.2. The molecule has 5 nitrogen and oxygen atoms in total. The Morgan fingerprint density at radius 3 is 1.91 bits per heavy atom. The SMILES string of the molecule is C=C(CCl)[C@H]([C@H](NS(=O)(=O)c1ccc(C)cc1)c1ccccc1)S(=O)(=O)c1ccccc1. The summed E-state index contributed by atoms with van der Waals surface area (Å²) in [6, 6.07) is 21.6. The quantitative estimate of drug-likeness (QED) is 0.350. The Hall–Kier alpha value is -2.45. The van der Waals surface area contributed by atoms with Crippen molar-refractivity contribution in [1.29, 1.82) is 0 Å². The molecule has 0 aliphatic carbocycles. The first-order valence-corrected chi connectivity index (χ1v) is 13.4. The lowest BCUT2D eigenvalue weighted by molar-refractivity contribution is 0.538. The van der Waals surface area contributed by atoms with E-state index in [9.17, 15) is 16.8 Å². The van der Waals surface area contributed by atoms with E-state index in [1.165, 1.54) is 24.3 Å². The van der Waals surface area contributed by atoms with Crippen molar-refractivity contribution >= 4 is 31.5 Å². The van der Waals surface area contributed by atoms with E-state index in [1.54, 1.807) is 60.7 Å². The highest BCUT2D eigenvalue weighted by atomic mass is 35.5. The predicted octanol–water partition coefficient (Wildman–Crippen LogP) is 4.65. The molecule has 0 heterocycles. The van der Waals surface area contributed by atoms with Crippen molar-refractivity contribution < 1.29 is 16.8 Å². The number of sulfone groups is 1. The number of halogens is 1. The van der Waals surface area contributed by atoms with E-state index in [2.05, 4.69) is 11.3 Å². The van der Waals surface area contributed by atoms with E-state index in [0.29, 0.717) is 5.56 Å². The molecule has 0 saturated carbocycles. The van der Waals surface area contributed by atoms with Gasteiger partial charge in [0, 0.05) is 5.88 Å². The van der Waals surface area contributed by atoms with E-state index < -0.39 is 31.2 Å². The Labute approximate surface area is 194 Å². The van der Waals surface area contributed by atoms with Crippen molar-refractivity contribution in [3.8, 4) is 0 Å². The Kier molecular flexibility index (Phi) is 7.56.